The fraction of sp³-hybridized carbons (Fsp3) is 0.500. The second-order valence-electron chi connectivity index (χ2n) is 4.20. The molecule has 0 radical (unpaired) electrons. The van der Waals surface area contributed by atoms with Gasteiger partial charge in [0, 0.05) is 17.9 Å². The summed E-state index contributed by atoms with van der Waals surface area (Å²) in [5.74, 6) is 0.327. The molecule has 0 aliphatic heterocycles. The monoisotopic (exact) mass is 246 g/mol. The third-order valence-corrected chi connectivity index (χ3v) is 2.69. The van der Waals surface area contributed by atoms with Crippen molar-refractivity contribution in [3.05, 3.63) is 23.8 Å². The van der Waals surface area contributed by atoms with E-state index in [-0.39, 0.29) is 11.4 Å². The lowest BCUT2D eigenvalue weighted by Crippen LogP contribution is -2.15. The summed E-state index contributed by atoms with van der Waals surface area (Å²) in [6.45, 7) is 4.50. The zero-order chi connectivity index (χ0) is 13.1. The Kier molecular flexibility index (Phi) is 4.26. The van der Waals surface area contributed by atoms with Gasteiger partial charge < -0.3 is 11.1 Å². The lowest BCUT2D eigenvalue weighted by atomic mass is 10.1. The molecule has 1 aromatic carbocycles. The Morgan fingerprint density at radius 1 is 1.35 bits per heavy atom. The molecule has 96 valence electrons. The Hall–Kier alpha value is -1.39. The maximum Gasteiger partial charge on any atom is 0.418 e. The van der Waals surface area contributed by atoms with Crippen molar-refractivity contribution in [3.8, 4) is 0 Å². The SMILES string of the molecule is CCC(C)CNc1ccc(N)cc1C(F)(F)F. The average molecular weight is 246 g/mol. The molecule has 1 aromatic rings. The minimum absolute atomic E-state index is 0.0898. The molecule has 0 saturated heterocycles. The molecule has 17 heavy (non-hydrogen) atoms. The van der Waals surface area contributed by atoms with Gasteiger partial charge in [-0.15, -0.1) is 0 Å². The summed E-state index contributed by atoms with van der Waals surface area (Å²) in [6.07, 6.45) is -3.46. The van der Waals surface area contributed by atoms with Crippen LogP contribution in [0.4, 0.5) is 24.5 Å². The quantitative estimate of drug-likeness (QED) is 0.794. The normalized spacial score (nSPS) is 13.5. The van der Waals surface area contributed by atoms with Gasteiger partial charge in [-0.2, -0.15) is 13.2 Å². The van der Waals surface area contributed by atoms with Gasteiger partial charge in [0.2, 0.25) is 0 Å². The lowest BCUT2D eigenvalue weighted by molar-refractivity contribution is -0.136. The Morgan fingerprint density at radius 2 is 2.00 bits per heavy atom. The molecule has 0 fully saturated rings. The van der Waals surface area contributed by atoms with Crippen LogP contribution in [0.3, 0.4) is 0 Å². The molecular weight excluding hydrogens is 229 g/mol. The number of rotatable bonds is 4. The minimum Gasteiger partial charge on any atom is -0.399 e. The van der Waals surface area contributed by atoms with Gasteiger partial charge in [0.15, 0.2) is 0 Å². The van der Waals surface area contributed by atoms with Gasteiger partial charge in [0.25, 0.3) is 0 Å². The number of nitrogens with one attached hydrogen (secondary N) is 1. The van der Waals surface area contributed by atoms with Crippen LogP contribution >= 0.6 is 0 Å². The van der Waals surface area contributed by atoms with Crippen molar-refractivity contribution < 1.29 is 13.2 Å². The zero-order valence-electron chi connectivity index (χ0n) is 9.93. The van der Waals surface area contributed by atoms with Crippen LogP contribution in [-0.2, 0) is 6.18 Å². The summed E-state index contributed by atoms with van der Waals surface area (Å²) in [7, 11) is 0. The third-order valence-electron chi connectivity index (χ3n) is 2.69. The van der Waals surface area contributed by atoms with E-state index >= 15 is 0 Å². The minimum atomic E-state index is -4.38. The highest BCUT2D eigenvalue weighted by molar-refractivity contribution is 5.59. The largest absolute Gasteiger partial charge is 0.418 e. The predicted octanol–water partition coefficient (Wildman–Crippen LogP) is 3.75. The standard InChI is InChI=1S/C12H17F3N2/c1-3-8(2)7-17-11-5-4-9(16)6-10(11)12(13,14)15/h4-6,8,17H,3,7,16H2,1-2H3. The number of alkyl halides is 3. The highest BCUT2D eigenvalue weighted by Crippen LogP contribution is 2.36. The molecule has 1 atom stereocenters. The lowest BCUT2D eigenvalue weighted by Gasteiger charge is -2.17. The van der Waals surface area contributed by atoms with E-state index in [2.05, 4.69) is 5.32 Å². The molecule has 0 saturated carbocycles. The Bertz CT molecular complexity index is 375. The summed E-state index contributed by atoms with van der Waals surface area (Å²) >= 11 is 0. The molecule has 0 aliphatic rings. The van der Waals surface area contributed by atoms with E-state index in [1.54, 1.807) is 0 Å². The first kappa shape index (κ1) is 13.7. The molecule has 3 N–H and O–H groups in total. The van der Waals surface area contributed by atoms with Crippen molar-refractivity contribution in [2.45, 2.75) is 26.4 Å². The first-order chi connectivity index (χ1) is 7.84. The van der Waals surface area contributed by atoms with E-state index < -0.39 is 11.7 Å². The van der Waals surface area contributed by atoms with Crippen LogP contribution < -0.4 is 11.1 Å². The summed E-state index contributed by atoms with van der Waals surface area (Å²) < 4.78 is 38.2. The van der Waals surface area contributed by atoms with Crippen LogP contribution in [0.15, 0.2) is 18.2 Å². The Labute approximate surface area is 99.0 Å². The molecular formula is C12H17F3N2. The van der Waals surface area contributed by atoms with E-state index in [4.69, 9.17) is 5.73 Å². The van der Waals surface area contributed by atoms with Crippen molar-refractivity contribution in [3.63, 3.8) is 0 Å². The van der Waals surface area contributed by atoms with Gasteiger partial charge >= 0.3 is 6.18 Å². The van der Waals surface area contributed by atoms with Crippen molar-refractivity contribution in [2.24, 2.45) is 5.92 Å². The summed E-state index contributed by atoms with van der Waals surface area (Å²) in [5, 5.41) is 2.82. The van der Waals surface area contributed by atoms with Gasteiger partial charge in [-0.3, -0.25) is 0 Å². The van der Waals surface area contributed by atoms with Gasteiger partial charge in [0.05, 0.1) is 5.56 Å². The maximum absolute atomic E-state index is 12.7. The van der Waals surface area contributed by atoms with Crippen molar-refractivity contribution in [2.75, 3.05) is 17.6 Å². The number of nitrogen functional groups attached to an aromatic ring is 1. The fourth-order valence-electron chi connectivity index (χ4n) is 1.38. The highest BCUT2D eigenvalue weighted by Gasteiger charge is 2.33. The van der Waals surface area contributed by atoms with Gasteiger partial charge in [-0.25, -0.2) is 0 Å². The summed E-state index contributed by atoms with van der Waals surface area (Å²) in [4.78, 5) is 0. The van der Waals surface area contributed by atoms with Crippen molar-refractivity contribution in [1.29, 1.82) is 0 Å². The Morgan fingerprint density at radius 3 is 2.53 bits per heavy atom. The number of hydrogen-bond donors (Lipinski definition) is 2. The maximum atomic E-state index is 12.7. The van der Waals surface area contributed by atoms with Gasteiger partial charge in [-0.1, -0.05) is 20.3 Å². The predicted molar refractivity (Wildman–Crippen MR) is 63.8 cm³/mol. The number of nitrogens with two attached hydrogens (primary N) is 1. The molecule has 0 bridgehead atoms. The highest BCUT2D eigenvalue weighted by atomic mass is 19.4. The number of halogens is 3. The van der Waals surface area contributed by atoms with Crippen LogP contribution in [0.25, 0.3) is 0 Å². The molecule has 1 rings (SSSR count). The van der Waals surface area contributed by atoms with E-state index in [1.165, 1.54) is 12.1 Å². The first-order valence-corrected chi connectivity index (χ1v) is 5.55. The van der Waals surface area contributed by atoms with Crippen LogP contribution in [0.1, 0.15) is 25.8 Å². The first-order valence-electron chi connectivity index (χ1n) is 5.55. The number of anilines is 2. The second-order valence-corrected chi connectivity index (χ2v) is 4.20. The van der Waals surface area contributed by atoms with E-state index in [0.29, 0.717) is 12.5 Å². The van der Waals surface area contributed by atoms with E-state index in [1.807, 2.05) is 13.8 Å². The van der Waals surface area contributed by atoms with Gasteiger partial charge in [0.1, 0.15) is 0 Å². The molecule has 0 heterocycles. The van der Waals surface area contributed by atoms with Crippen LogP contribution in [0, 0.1) is 5.92 Å². The Balaban J connectivity index is 2.91. The van der Waals surface area contributed by atoms with E-state index in [9.17, 15) is 13.2 Å². The third kappa shape index (κ3) is 3.84. The van der Waals surface area contributed by atoms with Crippen LogP contribution in [0.5, 0.6) is 0 Å². The number of benzene rings is 1. The molecule has 2 nitrogen and oxygen atoms in total. The van der Waals surface area contributed by atoms with Crippen molar-refractivity contribution in [1.82, 2.24) is 0 Å². The molecule has 1 unspecified atom stereocenters. The number of hydrogen-bond acceptors (Lipinski definition) is 2. The fourth-order valence-corrected chi connectivity index (χ4v) is 1.38. The summed E-state index contributed by atoms with van der Waals surface area (Å²) in [6, 6.07) is 3.80. The molecule has 0 spiro atoms. The zero-order valence-corrected chi connectivity index (χ0v) is 9.93. The van der Waals surface area contributed by atoms with Crippen LogP contribution in [-0.4, -0.2) is 6.54 Å². The van der Waals surface area contributed by atoms with Gasteiger partial charge in [-0.05, 0) is 24.1 Å². The molecule has 0 aromatic heterocycles. The average Bonchev–Trinajstić information content (AvgIpc) is 2.25. The van der Waals surface area contributed by atoms with Crippen molar-refractivity contribution >= 4 is 11.4 Å². The second kappa shape index (κ2) is 5.29. The van der Waals surface area contributed by atoms with Crippen LogP contribution in [0.2, 0.25) is 0 Å². The smallest absolute Gasteiger partial charge is 0.399 e. The summed E-state index contributed by atoms with van der Waals surface area (Å²) in [5.41, 5.74) is 4.88. The topological polar surface area (TPSA) is 38.0 Å². The van der Waals surface area contributed by atoms with E-state index in [0.717, 1.165) is 12.5 Å². The molecule has 0 amide bonds. The molecule has 5 heteroatoms. The molecule has 0 aliphatic carbocycles.